The van der Waals surface area contributed by atoms with Crippen LogP contribution in [0.4, 0.5) is 14.4 Å². The monoisotopic (exact) mass is 1750 g/mol. The van der Waals surface area contributed by atoms with E-state index in [1.165, 1.54) is 70.3 Å². The number of urea groups is 2. The highest BCUT2D eigenvalue weighted by Gasteiger charge is 2.54. The largest absolute Gasteiger partial charge is 0.458 e. The van der Waals surface area contributed by atoms with Gasteiger partial charge in [-0.3, -0.25) is 79.3 Å². The van der Waals surface area contributed by atoms with E-state index in [1.54, 1.807) is 139 Å². The summed E-state index contributed by atoms with van der Waals surface area (Å²) in [5.74, 6) is -0.224. The summed E-state index contributed by atoms with van der Waals surface area (Å²) in [5, 5.41) is 13.1. The molecular weight excluding hydrogens is 1640 g/mol. The Morgan fingerprint density at radius 3 is 1.22 bits per heavy atom. The van der Waals surface area contributed by atoms with Crippen molar-refractivity contribution in [3.05, 3.63) is 142 Å². The van der Waals surface area contributed by atoms with Gasteiger partial charge in [0.2, 0.25) is 0 Å². The molecule has 126 heavy (non-hydrogen) atoms. The summed E-state index contributed by atoms with van der Waals surface area (Å²) in [7, 11) is 0. The van der Waals surface area contributed by atoms with Crippen molar-refractivity contribution in [2.75, 3.05) is 45.8 Å². The molecule has 0 spiro atoms. The fourth-order valence-corrected chi connectivity index (χ4v) is 14.8. The van der Waals surface area contributed by atoms with Gasteiger partial charge < -0.3 is 50.6 Å². The Kier molecular flexibility index (Phi) is 32.8. The number of Topliss-reactive ketones (excluding diaryl/α,β-unsaturated/α-hetero) is 1. The predicted octanol–water partition coefficient (Wildman–Crippen LogP) is 4.32. The molecule has 15 amide bonds. The van der Waals surface area contributed by atoms with Crippen LogP contribution in [-0.4, -0.2) is 273 Å². The van der Waals surface area contributed by atoms with Crippen LogP contribution in [0.15, 0.2) is 103 Å². The van der Waals surface area contributed by atoms with Crippen LogP contribution in [0.5, 0.6) is 0 Å². The minimum absolute atomic E-state index is 0.0368. The van der Waals surface area contributed by atoms with E-state index >= 15 is 0 Å². The molecule has 13 rings (SSSR count). The van der Waals surface area contributed by atoms with Crippen molar-refractivity contribution in [2.24, 2.45) is 23.2 Å². The zero-order chi connectivity index (χ0) is 93.5. The SMILES string of the molecule is CC(C)(C)OC(=O)[C@@H]1CCCN2C(=O)NCC(N)C(=O)N12.CC(C)(C)OC(=O)[C@@H]1CCCN2C(=O)NCC(N3C(=O)c4ccccc4C3=O)C(=O)N12.CC(C)(C)OC(=O)[C@@H]1CCCNN1C(=O)[C@H](CN)N1C(=O)c2ccccc2C1=O.CC(C)=O.CC[C@H](C(=O)N1[C@H](C(=O)OC(C)(C)C)CCCN1C(=O)OCc1ccccc1)N1C(=O)c2ccccc2C1=O.NN. The van der Waals surface area contributed by atoms with Crippen molar-refractivity contribution in [1.29, 1.82) is 0 Å². The van der Waals surface area contributed by atoms with Gasteiger partial charge in [0, 0.05) is 45.8 Å². The maximum absolute atomic E-state index is 14.2. The number of ether oxygens (including phenoxy) is 5. The third kappa shape index (κ3) is 23.5. The van der Waals surface area contributed by atoms with Gasteiger partial charge in [-0.15, -0.1) is 0 Å². The molecule has 0 radical (unpaired) electrons. The summed E-state index contributed by atoms with van der Waals surface area (Å²) < 4.78 is 27.3. The third-order valence-electron chi connectivity index (χ3n) is 20.1. The lowest BCUT2D eigenvalue weighted by molar-refractivity contribution is -0.183. The van der Waals surface area contributed by atoms with Crippen molar-refractivity contribution in [2.45, 2.75) is 239 Å². The molecule has 0 aromatic heterocycles. The second kappa shape index (κ2) is 41.9. The number of hydrogen-bond acceptors (Lipinski definition) is 28. The molecule has 9 aliphatic heterocycles. The van der Waals surface area contributed by atoms with E-state index in [0.717, 1.165) is 35.3 Å². The van der Waals surface area contributed by atoms with Crippen molar-refractivity contribution in [3.8, 4) is 0 Å². The first-order valence-electron chi connectivity index (χ1n) is 41.5. The van der Waals surface area contributed by atoms with Gasteiger partial charge in [0.15, 0.2) is 18.1 Å². The summed E-state index contributed by atoms with van der Waals surface area (Å²) in [5.41, 5.74) is 13.5. The number of fused-ring (bicyclic) bond motifs is 5. The molecule has 0 saturated carbocycles. The minimum atomic E-state index is -1.27. The smallest absolute Gasteiger partial charge is 0.429 e. The highest BCUT2D eigenvalue weighted by Crippen LogP contribution is 2.35. The number of nitrogens with two attached hydrogens (primary N) is 4. The molecule has 0 aliphatic carbocycles. The van der Waals surface area contributed by atoms with E-state index in [4.69, 9.17) is 35.2 Å². The number of nitrogens with zero attached hydrogens (tertiary/aromatic N) is 10. The zero-order valence-electron chi connectivity index (χ0n) is 73.6. The van der Waals surface area contributed by atoms with E-state index in [2.05, 4.69) is 27.7 Å². The second-order valence-corrected chi connectivity index (χ2v) is 34.5. The molecule has 6 saturated heterocycles. The van der Waals surface area contributed by atoms with Crippen LogP contribution < -0.4 is 39.2 Å². The molecule has 40 nitrogen and oxygen atoms in total. The van der Waals surface area contributed by atoms with Crippen LogP contribution in [0, 0.1) is 0 Å². The fraction of sp³-hybridized carbons (Fsp3) is 0.512. The molecule has 4 aromatic rings. The Balaban J connectivity index is 0.000000207. The summed E-state index contributed by atoms with van der Waals surface area (Å²) in [4.78, 5) is 232. The summed E-state index contributed by atoms with van der Waals surface area (Å²) >= 11 is 0. The number of rotatable bonds is 13. The van der Waals surface area contributed by atoms with Gasteiger partial charge in [0.1, 0.15) is 65.0 Å². The van der Waals surface area contributed by atoms with Gasteiger partial charge in [-0.25, -0.2) is 69.0 Å². The minimum Gasteiger partial charge on any atom is -0.458 e. The van der Waals surface area contributed by atoms with E-state index in [0.29, 0.717) is 58.0 Å². The first kappa shape index (κ1) is 98.8. The van der Waals surface area contributed by atoms with Crippen molar-refractivity contribution in [3.63, 3.8) is 0 Å². The van der Waals surface area contributed by atoms with Gasteiger partial charge in [0.05, 0.1) is 33.4 Å². The fourth-order valence-electron chi connectivity index (χ4n) is 14.8. The molecule has 8 atom stereocenters. The Hall–Kier alpha value is -12.7. The number of carbonyl (C=O) groups is 18. The predicted molar refractivity (Wildman–Crippen MR) is 449 cm³/mol. The van der Waals surface area contributed by atoms with E-state index in [-0.39, 0.29) is 91.3 Å². The second-order valence-electron chi connectivity index (χ2n) is 34.5. The quantitative estimate of drug-likeness (QED) is 0.0322. The zero-order valence-corrected chi connectivity index (χ0v) is 73.6. The van der Waals surface area contributed by atoms with E-state index < -0.39 is 172 Å². The number of amides is 15. The molecule has 9 heterocycles. The molecule has 40 heteroatoms. The number of nitrogens with one attached hydrogen (secondary N) is 3. The molecule has 4 aromatic carbocycles. The normalized spacial score (nSPS) is 20.9. The molecule has 9 aliphatic rings. The van der Waals surface area contributed by atoms with Crippen LogP contribution in [0.3, 0.4) is 0 Å². The number of esters is 4. The molecule has 2 unspecified atom stereocenters. The number of benzene rings is 4. The lowest BCUT2D eigenvalue weighted by Gasteiger charge is -2.44. The average molecular weight is 1750 g/mol. The van der Waals surface area contributed by atoms with Gasteiger partial charge in [-0.1, -0.05) is 73.7 Å². The maximum Gasteiger partial charge on any atom is 0.429 e. The first-order chi connectivity index (χ1) is 59.2. The molecule has 682 valence electrons. The van der Waals surface area contributed by atoms with Gasteiger partial charge >= 0.3 is 42.0 Å². The Morgan fingerprint density at radius 2 is 0.810 bits per heavy atom. The lowest BCUT2D eigenvalue weighted by atomic mass is 10.0. The van der Waals surface area contributed by atoms with Crippen molar-refractivity contribution >= 4 is 107 Å². The van der Waals surface area contributed by atoms with Gasteiger partial charge in [-0.2, -0.15) is 0 Å². The third-order valence-corrected chi connectivity index (χ3v) is 20.1. The molecule has 0 bridgehead atoms. The molecule has 11 N–H and O–H groups in total. The Bertz CT molecular complexity index is 4700. The van der Waals surface area contributed by atoms with E-state index in [9.17, 15) is 86.3 Å². The standard InChI is InChI=1S/C29H33N3O7.C21H24N4O6.C20H26N4O5.C13H22N4O4.C3H6O.H4N2/c1-5-22(31-24(33)20-14-9-10-15-21(20)25(31)34)26(35)32-23(27(36)39-29(2,3)4)16-11-17-30(32)28(37)38-18-19-12-7-6-8-13-19;1-21(2,3)31-19(29)14-9-6-10-23-20(30)22-11-15(18(28)25(14)23)24-16(26)12-7-4-5-8-13(12)17(24)27;1-20(2,3)29-19(28)14-9-6-10-22-24(14)18(27)15(11-21)23-16(25)12-7-4-5-8-13(12)17(23)26;1-13(2,3)21-11(19)9-5-4-6-16-12(20)15-7-8(14)10(18)17(9)16;1-3(2)4;1-2/h6-10,12-15,22-23H,5,11,16-18H2,1-4H3;4-5,7-8,14-15H,6,9-11H2,1-3H3,(H,22,30);4-5,7-8,14-15,22H,6,9-11,21H2,1-3H3;8-9H,4-7,14H2,1-3H3,(H,15,20);1-2H3;1-2H2/t22-,23+;14-,15?;14-,15-;8?,9-;;/m1000../s1. The number of hydrogen-bond donors (Lipinski definition) is 7. The van der Waals surface area contributed by atoms with Crippen molar-refractivity contribution in [1.82, 2.24) is 65.8 Å². The number of hydrazine groups is 5. The van der Waals surface area contributed by atoms with Crippen LogP contribution in [0.25, 0.3) is 0 Å². The Morgan fingerprint density at radius 1 is 0.452 bits per heavy atom. The summed E-state index contributed by atoms with van der Waals surface area (Å²) in [6, 6.07) is 18.7. The number of ketones is 1. The van der Waals surface area contributed by atoms with Crippen molar-refractivity contribution < 1.29 is 110 Å². The van der Waals surface area contributed by atoms with Crippen LogP contribution >= 0.6 is 0 Å². The van der Waals surface area contributed by atoms with Crippen LogP contribution in [-0.2, 0) is 73.4 Å². The highest BCUT2D eigenvalue weighted by molar-refractivity contribution is 6.25. The lowest BCUT2D eigenvalue weighted by Crippen LogP contribution is -2.64. The highest BCUT2D eigenvalue weighted by atomic mass is 16.6. The topological polar surface area (TPSA) is 526 Å². The maximum atomic E-state index is 14.2. The van der Waals surface area contributed by atoms with E-state index in [1.807, 2.05) is 18.2 Å². The van der Waals surface area contributed by atoms with Crippen LogP contribution in [0.1, 0.15) is 229 Å². The summed E-state index contributed by atoms with van der Waals surface area (Å²) in [6.45, 7) is 26.2. The van der Waals surface area contributed by atoms with Gasteiger partial charge in [0.25, 0.3) is 59.1 Å². The molecular formula is C86H115N17O23. The van der Waals surface area contributed by atoms with Gasteiger partial charge in [-0.05, 0) is 197 Å². The average Bonchev–Trinajstić information content (AvgIpc) is 1.59. The molecule has 6 fully saturated rings. The number of carbonyl (C=O) groups excluding carboxylic acids is 18. The van der Waals surface area contributed by atoms with Crippen LogP contribution in [0.2, 0.25) is 0 Å². The Labute approximate surface area is 729 Å². The first-order valence-corrected chi connectivity index (χ1v) is 41.5. The summed E-state index contributed by atoms with van der Waals surface area (Å²) in [6.07, 6.45) is 2.87. The number of imide groups is 3.